The lowest BCUT2D eigenvalue weighted by Crippen LogP contribution is -2.53. The summed E-state index contributed by atoms with van der Waals surface area (Å²) in [7, 11) is 0. The summed E-state index contributed by atoms with van der Waals surface area (Å²) in [6, 6.07) is 6.47. The van der Waals surface area contributed by atoms with E-state index in [-0.39, 0.29) is 6.42 Å². The molecule has 1 aromatic rings. The summed E-state index contributed by atoms with van der Waals surface area (Å²) in [4.78, 5) is 48.8. The van der Waals surface area contributed by atoms with Crippen LogP contribution in [-0.2, 0) is 25.6 Å². The molecule has 34 heavy (non-hydrogen) atoms. The van der Waals surface area contributed by atoms with Crippen LogP contribution in [0, 0.1) is 0 Å². The van der Waals surface area contributed by atoms with E-state index < -0.39 is 48.4 Å². The van der Waals surface area contributed by atoms with Gasteiger partial charge < -0.3 is 38.3 Å². The van der Waals surface area contributed by atoms with Gasteiger partial charge in [0.1, 0.15) is 12.1 Å². The van der Waals surface area contributed by atoms with Crippen molar-refractivity contribution in [2.24, 2.45) is 17.2 Å². The highest BCUT2D eigenvalue weighted by molar-refractivity contribution is 5.92. The Balaban J connectivity index is 2.63. The number of hydrogen-bond acceptors (Lipinski definition) is 7. The molecule has 1 aromatic carbocycles. The van der Waals surface area contributed by atoms with E-state index in [9.17, 15) is 24.3 Å². The van der Waals surface area contributed by atoms with Crippen LogP contribution in [0.2, 0.25) is 0 Å². The Labute approximate surface area is 200 Å². The van der Waals surface area contributed by atoms with Crippen molar-refractivity contribution in [2.75, 3.05) is 19.6 Å². The van der Waals surface area contributed by atoms with Crippen LogP contribution in [0.15, 0.2) is 30.3 Å². The molecule has 11 nitrogen and oxygen atoms in total. The van der Waals surface area contributed by atoms with Crippen molar-refractivity contribution in [3.63, 3.8) is 0 Å². The van der Waals surface area contributed by atoms with Crippen molar-refractivity contribution in [3.8, 4) is 0 Å². The Morgan fingerprint density at radius 1 is 0.824 bits per heavy atom. The third kappa shape index (κ3) is 11.7. The van der Waals surface area contributed by atoms with Gasteiger partial charge in [0, 0.05) is 0 Å². The van der Waals surface area contributed by atoms with Gasteiger partial charge in [-0.3, -0.25) is 14.4 Å². The highest BCUT2D eigenvalue weighted by Gasteiger charge is 2.25. The lowest BCUT2D eigenvalue weighted by atomic mass is 10.0. The number of rotatable bonds is 17. The Hall–Kier alpha value is -3.02. The van der Waals surface area contributed by atoms with Crippen LogP contribution in [-0.4, -0.2) is 66.6 Å². The predicted octanol–water partition coefficient (Wildman–Crippen LogP) is -1.02. The molecule has 3 atom stereocenters. The lowest BCUT2D eigenvalue weighted by molar-refractivity contribution is -0.142. The molecule has 1 rings (SSSR count). The van der Waals surface area contributed by atoms with Crippen LogP contribution in [0.3, 0.4) is 0 Å². The molecule has 190 valence electrons. The molecule has 3 amide bonds. The summed E-state index contributed by atoms with van der Waals surface area (Å²) in [5.74, 6) is -2.83. The monoisotopic (exact) mass is 478 g/mol. The molecule has 0 saturated carbocycles. The second-order valence-corrected chi connectivity index (χ2v) is 8.10. The van der Waals surface area contributed by atoms with Crippen LogP contribution in [0.25, 0.3) is 0 Å². The van der Waals surface area contributed by atoms with Gasteiger partial charge in [-0.1, -0.05) is 30.3 Å². The number of carbonyl (C=O) groups excluding carboxylic acids is 3. The van der Waals surface area contributed by atoms with Gasteiger partial charge in [0.2, 0.25) is 17.7 Å². The molecule has 11 heteroatoms. The standard InChI is InChI=1S/C23H38N6O5/c24-12-6-4-10-18(29-21(31)17(26)14-16-8-2-1-3-9-16)22(32)27-15-20(30)28-19(23(33)34)11-5-7-13-25/h1-3,8-9,17-19H,4-7,10-15,24-26H2,(H,27,32)(H,28,30)(H,29,31)(H,33,34). The molecule has 10 N–H and O–H groups in total. The van der Waals surface area contributed by atoms with Crippen molar-refractivity contribution < 1.29 is 24.3 Å². The van der Waals surface area contributed by atoms with Gasteiger partial charge in [-0.2, -0.15) is 0 Å². The number of nitrogens with one attached hydrogen (secondary N) is 3. The first-order valence-corrected chi connectivity index (χ1v) is 11.6. The largest absolute Gasteiger partial charge is 0.480 e. The molecular weight excluding hydrogens is 440 g/mol. The predicted molar refractivity (Wildman–Crippen MR) is 128 cm³/mol. The fraction of sp³-hybridized carbons (Fsp3) is 0.565. The topological polar surface area (TPSA) is 203 Å². The molecule has 0 aromatic heterocycles. The summed E-state index contributed by atoms with van der Waals surface area (Å²) in [6.45, 7) is 0.459. The van der Waals surface area contributed by atoms with E-state index in [1.165, 1.54) is 0 Å². The summed E-state index contributed by atoms with van der Waals surface area (Å²) in [6.07, 6.45) is 3.34. The van der Waals surface area contributed by atoms with Gasteiger partial charge in [0.25, 0.3) is 0 Å². The minimum Gasteiger partial charge on any atom is -0.480 e. The van der Waals surface area contributed by atoms with Gasteiger partial charge in [0.05, 0.1) is 12.6 Å². The average molecular weight is 479 g/mol. The highest BCUT2D eigenvalue weighted by atomic mass is 16.4. The number of benzene rings is 1. The van der Waals surface area contributed by atoms with Crippen LogP contribution in [0.1, 0.15) is 44.1 Å². The number of nitrogens with two attached hydrogens (primary N) is 3. The second-order valence-electron chi connectivity index (χ2n) is 8.10. The summed E-state index contributed by atoms with van der Waals surface area (Å²) in [5.41, 5.74) is 17.8. The normalized spacial score (nSPS) is 13.4. The molecule has 0 saturated heterocycles. The molecule has 0 heterocycles. The van der Waals surface area contributed by atoms with Crippen LogP contribution >= 0.6 is 0 Å². The van der Waals surface area contributed by atoms with E-state index in [1.807, 2.05) is 30.3 Å². The van der Waals surface area contributed by atoms with Crippen LogP contribution < -0.4 is 33.2 Å². The minimum absolute atomic E-state index is 0.239. The number of hydrogen-bond donors (Lipinski definition) is 7. The van der Waals surface area contributed by atoms with E-state index in [1.54, 1.807) is 0 Å². The maximum absolute atomic E-state index is 12.7. The minimum atomic E-state index is -1.16. The maximum Gasteiger partial charge on any atom is 0.326 e. The smallest absolute Gasteiger partial charge is 0.326 e. The summed E-state index contributed by atoms with van der Waals surface area (Å²) >= 11 is 0. The Morgan fingerprint density at radius 2 is 1.41 bits per heavy atom. The maximum atomic E-state index is 12.7. The first kappa shape index (κ1) is 29.0. The Bertz CT molecular complexity index is 776. The number of aliphatic carboxylic acids is 1. The van der Waals surface area contributed by atoms with E-state index in [4.69, 9.17) is 17.2 Å². The Kier molecular flexibility index (Phi) is 14.1. The molecule has 0 radical (unpaired) electrons. The van der Waals surface area contributed by atoms with E-state index in [0.717, 1.165) is 5.56 Å². The van der Waals surface area contributed by atoms with E-state index >= 15 is 0 Å². The van der Waals surface area contributed by atoms with Crippen LogP contribution in [0.5, 0.6) is 0 Å². The van der Waals surface area contributed by atoms with E-state index in [0.29, 0.717) is 51.6 Å². The summed E-state index contributed by atoms with van der Waals surface area (Å²) in [5, 5.41) is 16.8. The fourth-order valence-electron chi connectivity index (χ4n) is 3.29. The van der Waals surface area contributed by atoms with Gasteiger partial charge in [-0.15, -0.1) is 0 Å². The molecule has 0 aliphatic carbocycles. The molecule has 0 aliphatic rings. The highest BCUT2D eigenvalue weighted by Crippen LogP contribution is 2.05. The third-order valence-electron chi connectivity index (χ3n) is 5.22. The van der Waals surface area contributed by atoms with Crippen molar-refractivity contribution in [1.29, 1.82) is 0 Å². The zero-order chi connectivity index (χ0) is 25.3. The second kappa shape index (κ2) is 16.6. The zero-order valence-corrected chi connectivity index (χ0v) is 19.5. The fourth-order valence-corrected chi connectivity index (χ4v) is 3.29. The van der Waals surface area contributed by atoms with Gasteiger partial charge >= 0.3 is 5.97 Å². The molecule has 3 unspecified atom stereocenters. The Morgan fingerprint density at radius 3 is 1.97 bits per heavy atom. The van der Waals surface area contributed by atoms with Gasteiger partial charge in [0.15, 0.2) is 0 Å². The van der Waals surface area contributed by atoms with Crippen molar-refractivity contribution in [3.05, 3.63) is 35.9 Å². The SMILES string of the molecule is NCCCCC(NC(=O)CNC(=O)C(CCCCN)NC(=O)C(N)Cc1ccccc1)C(=O)O. The van der Waals surface area contributed by atoms with Crippen molar-refractivity contribution >= 4 is 23.7 Å². The number of carbonyl (C=O) groups is 4. The molecule has 0 spiro atoms. The van der Waals surface area contributed by atoms with Gasteiger partial charge in [-0.05, 0) is 63.6 Å². The van der Waals surface area contributed by atoms with Crippen LogP contribution in [0.4, 0.5) is 0 Å². The average Bonchev–Trinajstić information content (AvgIpc) is 2.81. The number of unbranched alkanes of at least 4 members (excludes halogenated alkanes) is 2. The quantitative estimate of drug-likeness (QED) is 0.138. The van der Waals surface area contributed by atoms with Gasteiger partial charge in [-0.25, -0.2) is 4.79 Å². The molecule has 0 bridgehead atoms. The molecule has 0 fully saturated rings. The third-order valence-corrected chi connectivity index (χ3v) is 5.22. The first-order valence-electron chi connectivity index (χ1n) is 11.6. The van der Waals surface area contributed by atoms with Crippen molar-refractivity contribution in [2.45, 2.75) is 63.1 Å². The molecule has 0 aliphatic heterocycles. The number of carboxylic acids is 1. The first-order chi connectivity index (χ1) is 16.3. The zero-order valence-electron chi connectivity index (χ0n) is 19.5. The number of amides is 3. The van der Waals surface area contributed by atoms with E-state index in [2.05, 4.69) is 16.0 Å². The number of carboxylic acid groups (broad SMARTS) is 1. The molecular formula is C23H38N6O5. The summed E-state index contributed by atoms with van der Waals surface area (Å²) < 4.78 is 0. The lowest BCUT2D eigenvalue weighted by Gasteiger charge is -2.21. The van der Waals surface area contributed by atoms with Crippen molar-refractivity contribution in [1.82, 2.24) is 16.0 Å².